The Morgan fingerprint density at radius 3 is 1.00 bits per heavy atom. The van der Waals surface area contributed by atoms with Crippen LogP contribution in [0.4, 0.5) is 0 Å². The summed E-state index contributed by atoms with van der Waals surface area (Å²) in [6.45, 7) is 0. The van der Waals surface area contributed by atoms with Gasteiger partial charge in [0.15, 0.2) is 0 Å². The Morgan fingerprint density at radius 2 is 0.929 bits per heavy atom. The van der Waals surface area contributed by atoms with Crippen molar-refractivity contribution >= 4 is 20.8 Å². The third-order valence-corrected chi connectivity index (χ3v) is 0.750. The summed E-state index contributed by atoms with van der Waals surface area (Å²) >= 11 is 0. The number of hydrogen-bond acceptors (Lipinski definition) is 8. The molecule has 14 heteroatoms. The fourth-order valence-electron chi connectivity index (χ4n) is 0.0680. The molecule has 0 rings (SSSR count). The van der Waals surface area contributed by atoms with Crippen LogP contribution in [-0.4, -0.2) is 25.9 Å². The third-order valence-electron chi connectivity index (χ3n) is 0.194. The molecule has 0 saturated heterocycles. The molecule has 0 heterocycles. The topological polar surface area (TPSA) is 133 Å². The van der Waals surface area contributed by atoms with Crippen molar-refractivity contribution in [2.75, 3.05) is 0 Å². The molecule has 14 heavy (non-hydrogen) atoms. The van der Waals surface area contributed by atoms with E-state index in [4.69, 9.17) is 0 Å². The van der Waals surface area contributed by atoms with E-state index < -0.39 is 20.8 Å². The van der Waals surface area contributed by atoms with Gasteiger partial charge in [-0.15, -0.1) is 8.67 Å². The molecule has 0 N–H and O–H groups in total. The molecule has 0 aliphatic carbocycles. The SMILES string of the molecule is O=S(=O)([O-])OOS(=O)(=O)[O-].[H-].[H-].[K+].[K+].[Na+].[Na+]. The normalized spacial score (nSPS) is 9.57. The second-order valence-corrected chi connectivity index (χ2v) is 2.86. The van der Waals surface area contributed by atoms with Gasteiger partial charge in [0.2, 0.25) is 20.8 Å². The fraction of sp³-hybridized carbons (Fsp3) is 0. The predicted octanol–water partition coefficient (Wildman–Crippen LogP) is -13.9. The van der Waals surface area contributed by atoms with Gasteiger partial charge < -0.3 is 12.0 Å². The second-order valence-electron chi connectivity index (χ2n) is 0.953. The maximum absolute atomic E-state index is 9.37. The molecule has 0 spiro atoms. The van der Waals surface area contributed by atoms with Crippen molar-refractivity contribution in [2.45, 2.75) is 0 Å². The van der Waals surface area contributed by atoms with Crippen LogP contribution in [0.2, 0.25) is 0 Å². The van der Waals surface area contributed by atoms with Crippen LogP contribution in [0.1, 0.15) is 2.85 Å². The molecule has 0 unspecified atom stereocenters. The molecule has 0 aromatic carbocycles. The van der Waals surface area contributed by atoms with Gasteiger partial charge in [0, 0.05) is 0 Å². The predicted molar refractivity (Wildman–Crippen MR) is 23.8 cm³/mol. The molecule has 0 bridgehead atoms. The average molecular weight is 318 g/mol. The molecule has 0 saturated carbocycles. The monoisotopic (exact) mass is 318 g/mol. The smallest absolute Gasteiger partial charge is 1.00 e. The molecule has 0 atom stereocenters. The van der Waals surface area contributed by atoms with E-state index in [0.717, 1.165) is 0 Å². The van der Waals surface area contributed by atoms with E-state index in [1.54, 1.807) is 0 Å². The van der Waals surface area contributed by atoms with Gasteiger partial charge >= 0.3 is 162 Å². The summed E-state index contributed by atoms with van der Waals surface area (Å²) in [5, 5.41) is 0. The third kappa shape index (κ3) is 30.2. The van der Waals surface area contributed by atoms with E-state index in [1.807, 2.05) is 0 Å². The van der Waals surface area contributed by atoms with Crippen molar-refractivity contribution < 1.29 is 199 Å². The minimum absolute atomic E-state index is 0. The van der Waals surface area contributed by atoms with Crippen molar-refractivity contribution in [3.8, 4) is 0 Å². The summed E-state index contributed by atoms with van der Waals surface area (Å²) in [4.78, 5) is 0. The van der Waals surface area contributed by atoms with Gasteiger partial charge in [-0.3, -0.25) is 0 Å². The zero-order valence-corrected chi connectivity index (χ0v) is 20.0. The second kappa shape index (κ2) is 14.4. The van der Waals surface area contributed by atoms with Gasteiger partial charge in [-0.05, 0) is 0 Å². The van der Waals surface area contributed by atoms with Gasteiger partial charge in [0.25, 0.3) is 0 Å². The Morgan fingerprint density at radius 1 is 0.786 bits per heavy atom. The van der Waals surface area contributed by atoms with Crippen LogP contribution in [0.15, 0.2) is 0 Å². The Kier molecular flexibility index (Phi) is 32.4. The van der Waals surface area contributed by atoms with Crippen LogP contribution in [-0.2, 0) is 29.5 Å². The first-order valence-corrected chi connectivity index (χ1v) is 4.17. The van der Waals surface area contributed by atoms with Crippen LogP contribution in [0, 0.1) is 0 Å². The first-order chi connectivity index (χ1) is 4.21. The van der Waals surface area contributed by atoms with Gasteiger partial charge in [-0.1, -0.05) is 0 Å². The van der Waals surface area contributed by atoms with Crippen molar-refractivity contribution in [3.63, 3.8) is 0 Å². The maximum Gasteiger partial charge on any atom is 1.00 e. The first-order valence-electron chi connectivity index (χ1n) is 1.50. The van der Waals surface area contributed by atoms with Crippen molar-refractivity contribution in [3.05, 3.63) is 0 Å². The number of rotatable bonds is 3. The Hall–Kier alpha value is 5.01. The van der Waals surface area contributed by atoms with E-state index in [9.17, 15) is 25.9 Å². The summed E-state index contributed by atoms with van der Waals surface area (Å²) in [6.07, 6.45) is 0. The van der Waals surface area contributed by atoms with Crippen molar-refractivity contribution in [2.24, 2.45) is 0 Å². The van der Waals surface area contributed by atoms with Gasteiger partial charge in [0.05, 0.1) is 0 Å². The van der Waals surface area contributed by atoms with Crippen molar-refractivity contribution in [1.82, 2.24) is 0 Å². The maximum atomic E-state index is 9.37. The summed E-state index contributed by atoms with van der Waals surface area (Å²) in [5.74, 6) is 0. The zero-order valence-electron chi connectivity index (χ0n) is 10.1. The summed E-state index contributed by atoms with van der Waals surface area (Å²) in [7, 11) is -10.6. The molecule has 66 valence electrons. The molecular formula is H2K2Na2O8S2. The molecule has 0 fully saturated rings. The standard InChI is InChI=1S/2K.2Na.H2O8S2.2H/c;;;;1-9(2,3)7-8-10(4,5)6;;/h;;;;(H,1,2,3)(H,4,5,6);;/q4*+1;;2*-1/p-2. The Balaban J connectivity index is -0.0000000270. The largest absolute Gasteiger partial charge is 1.00 e. The van der Waals surface area contributed by atoms with Crippen LogP contribution in [0.25, 0.3) is 0 Å². The molecule has 0 aliphatic rings. The summed E-state index contributed by atoms with van der Waals surface area (Å²) in [5.41, 5.74) is 0. The molecule has 0 aromatic rings. The van der Waals surface area contributed by atoms with Gasteiger partial charge in [-0.2, -0.15) is 0 Å². The summed E-state index contributed by atoms with van der Waals surface area (Å²) in [6, 6.07) is 0. The van der Waals surface area contributed by atoms with E-state index in [1.165, 1.54) is 0 Å². The van der Waals surface area contributed by atoms with Crippen LogP contribution in [0.5, 0.6) is 0 Å². The Bertz CT molecular complexity index is 268. The molecule has 0 aliphatic heterocycles. The number of hydrogen-bond donors (Lipinski definition) is 0. The fourth-order valence-corrected chi connectivity index (χ4v) is 0.612. The zero-order chi connectivity index (χ0) is 8.41. The molecule has 0 amide bonds. The molecular weight excluding hydrogens is 316 g/mol. The van der Waals surface area contributed by atoms with Crippen LogP contribution < -0.4 is 162 Å². The molecule has 0 aromatic heterocycles. The molecule has 8 nitrogen and oxygen atoms in total. The van der Waals surface area contributed by atoms with E-state index in [0.29, 0.717) is 0 Å². The molecule has 0 radical (unpaired) electrons. The Labute approximate surface area is 214 Å². The quantitative estimate of drug-likeness (QED) is 0.165. The van der Waals surface area contributed by atoms with Gasteiger partial charge in [-0.25, -0.2) is 16.8 Å². The summed E-state index contributed by atoms with van der Waals surface area (Å²) < 4.78 is 61.5. The minimum atomic E-state index is -5.31. The van der Waals surface area contributed by atoms with Crippen LogP contribution in [0.3, 0.4) is 0 Å². The van der Waals surface area contributed by atoms with Crippen LogP contribution >= 0.6 is 0 Å². The van der Waals surface area contributed by atoms with Gasteiger partial charge in [0.1, 0.15) is 0 Å². The van der Waals surface area contributed by atoms with E-state index in [-0.39, 0.29) is 165 Å². The minimum Gasteiger partial charge on any atom is -1.00 e. The van der Waals surface area contributed by atoms with Crippen molar-refractivity contribution in [1.29, 1.82) is 0 Å². The van der Waals surface area contributed by atoms with E-state index >= 15 is 0 Å². The first kappa shape index (κ1) is 31.4. The van der Waals surface area contributed by atoms with E-state index in [2.05, 4.69) is 8.67 Å². The average Bonchev–Trinajstić information content (AvgIpc) is 1.57.